The van der Waals surface area contributed by atoms with Crippen molar-refractivity contribution < 1.29 is 0 Å². The minimum Gasteiger partial charge on any atom is -0.380 e. The molecule has 1 heteroatoms. The van der Waals surface area contributed by atoms with Crippen molar-refractivity contribution in [2.45, 2.75) is 66.3 Å². The number of nitrogens with one attached hydrogen (secondary N) is 1. The van der Waals surface area contributed by atoms with E-state index in [4.69, 9.17) is 0 Å². The van der Waals surface area contributed by atoms with E-state index < -0.39 is 0 Å². The Morgan fingerprint density at radius 3 is 1.76 bits per heavy atom. The van der Waals surface area contributed by atoms with E-state index >= 15 is 0 Å². The molecule has 0 amide bonds. The van der Waals surface area contributed by atoms with Crippen LogP contribution in [0.15, 0.2) is 12.1 Å². The van der Waals surface area contributed by atoms with E-state index in [0.717, 1.165) is 0 Å². The van der Waals surface area contributed by atoms with Crippen molar-refractivity contribution in [3.05, 3.63) is 28.8 Å². The summed E-state index contributed by atoms with van der Waals surface area (Å²) < 4.78 is 0. The smallest absolute Gasteiger partial charge is 0.0376 e. The maximum absolute atomic E-state index is 3.57. The van der Waals surface area contributed by atoms with Gasteiger partial charge in [-0.3, -0.25) is 0 Å². The van der Waals surface area contributed by atoms with E-state index in [-0.39, 0.29) is 11.0 Å². The third-order valence-corrected chi connectivity index (χ3v) is 2.89. The quantitative estimate of drug-likeness (QED) is 0.734. The second-order valence-electron chi connectivity index (χ2n) is 7.11. The van der Waals surface area contributed by atoms with Gasteiger partial charge in [0, 0.05) is 11.2 Å². The Morgan fingerprint density at radius 2 is 1.35 bits per heavy atom. The van der Waals surface area contributed by atoms with Gasteiger partial charge in [-0.1, -0.05) is 26.8 Å². The molecule has 0 aliphatic rings. The SMILES string of the molecule is Cc1cc(C(C)(C)C)c(C)cc1NC(C)(C)C. The summed E-state index contributed by atoms with van der Waals surface area (Å²) in [6.45, 7) is 17.8. The fourth-order valence-electron chi connectivity index (χ4n) is 2.16. The first-order valence-corrected chi connectivity index (χ1v) is 6.40. The van der Waals surface area contributed by atoms with Crippen molar-refractivity contribution in [1.82, 2.24) is 0 Å². The Bertz CT molecular complexity index is 403. The first-order valence-electron chi connectivity index (χ1n) is 6.40. The molecule has 0 unspecified atom stereocenters. The summed E-state index contributed by atoms with van der Waals surface area (Å²) in [5, 5.41) is 3.57. The van der Waals surface area contributed by atoms with Crippen molar-refractivity contribution in [1.29, 1.82) is 0 Å². The standard InChI is InChI=1S/C16H27N/c1-11-10-14(17-16(6,7)8)12(2)9-13(11)15(3,4)5/h9-10,17H,1-8H3. The summed E-state index contributed by atoms with van der Waals surface area (Å²) in [6, 6.07) is 4.60. The summed E-state index contributed by atoms with van der Waals surface area (Å²) in [6.07, 6.45) is 0. The molecule has 0 saturated carbocycles. The van der Waals surface area contributed by atoms with E-state index in [0.29, 0.717) is 0 Å². The Morgan fingerprint density at radius 1 is 0.824 bits per heavy atom. The van der Waals surface area contributed by atoms with Crippen LogP contribution in [0.2, 0.25) is 0 Å². The average Bonchev–Trinajstić information content (AvgIpc) is 2.06. The molecule has 1 nitrogen and oxygen atoms in total. The maximum Gasteiger partial charge on any atom is 0.0376 e. The monoisotopic (exact) mass is 233 g/mol. The Labute approximate surface area is 107 Å². The molecule has 0 aliphatic heterocycles. The fraction of sp³-hybridized carbons (Fsp3) is 0.625. The van der Waals surface area contributed by atoms with Gasteiger partial charge in [0.05, 0.1) is 0 Å². The highest BCUT2D eigenvalue weighted by Gasteiger charge is 2.19. The van der Waals surface area contributed by atoms with Gasteiger partial charge in [-0.15, -0.1) is 0 Å². The Kier molecular flexibility index (Phi) is 3.61. The molecule has 1 aromatic rings. The predicted octanol–water partition coefficient (Wildman–Crippen LogP) is 4.81. The lowest BCUT2D eigenvalue weighted by atomic mass is 9.83. The summed E-state index contributed by atoms with van der Waals surface area (Å²) in [5.74, 6) is 0. The molecule has 0 bridgehead atoms. The zero-order chi connectivity index (χ0) is 13.4. The fourth-order valence-corrected chi connectivity index (χ4v) is 2.16. The van der Waals surface area contributed by atoms with Crippen LogP contribution in [-0.2, 0) is 5.41 Å². The summed E-state index contributed by atoms with van der Waals surface area (Å²) in [4.78, 5) is 0. The van der Waals surface area contributed by atoms with Gasteiger partial charge >= 0.3 is 0 Å². The van der Waals surface area contributed by atoms with Crippen LogP contribution in [-0.4, -0.2) is 5.54 Å². The van der Waals surface area contributed by atoms with E-state index in [2.05, 4.69) is 72.8 Å². The minimum atomic E-state index is 0.112. The molecular formula is C16H27N. The van der Waals surface area contributed by atoms with Gasteiger partial charge in [-0.2, -0.15) is 0 Å². The molecule has 0 aliphatic carbocycles. The molecule has 96 valence electrons. The van der Waals surface area contributed by atoms with E-state index in [1.165, 1.54) is 22.4 Å². The van der Waals surface area contributed by atoms with Crippen molar-refractivity contribution >= 4 is 5.69 Å². The van der Waals surface area contributed by atoms with E-state index in [9.17, 15) is 0 Å². The molecule has 1 aromatic carbocycles. The highest BCUT2D eigenvalue weighted by molar-refractivity contribution is 5.57. The lowest BCUT2D eigenvalue weighted by Gasteiger charge is -2.27. The third kappa shape index (κ3) is 3.76. The van der Waals surface area contributed by atoms with Gasteiger partial charge < -0.3 is 5.32 Å². The van der Waals surface area contributed by atoms with Crippen LogP contribution in [0.3, 0.4) is 0 Å². The van der Waals surface area contributed by atoms with Crippen LogP contribution >= 0.6 is 0 Å². The van der Waals surface area contributed by atoms with Gasteiger partial charge in [0.1, 0.15) is 0 Å². The first kappa shape index (κ1) is 14.1. The molecule has 0 fully saturated rings. The van der Waals surface area contributed by atoms with Crippen LogP contribution in [0.4, 0.5) is 5.69 Å². The molecule has 1 N–H and O–H groups in total. The normalized spacial score (nSPS) is 12.7. The number of anilines is 1. The topological polar surface area (TPSA) is 12.0 Å². The molecule has 1 rings (SSSR count). The van der Waals surface area contributed by atoms with Gasteiger partial charge in [0.25, 0.3) is 0 Å². The molecule has 17 heavy (non-hydrogen) atoms. The maximum atomic E-state index is 3.57. The molecule has 0 radical (unpaired) electrons. The van der Waals surface area contributed by atoms with Crippen molar-refractivity contribution in [3.8, 4) is 0 Å². The zero-order valence-electron chi connectivity index (χ0n) is 12.7. The van der Waals surface area contributed by atoms with Crippen LogP contribution in [0.25, 0.3) is 0 Å². The van der Waals surface area contributed by atoms with Crippen LogP contribution < -0.4 is 5.32 Å². The molecule has 0 saturated heterocycles. The first-order chi connectivity index (χ1) is 7.50. The van der Waals surface area contributed by atoms with Gasteiger partial charge in [-0.05, 0) is 62.8 Å². The summed E-state index contributed by atoms with van der Waals surface area (Å²) >= 11 is 0. The van der Waals surface area contributed by atoms with Crippen molar-refractivity contribution in [3.63, 3.8) is 0 Å². The number of hydrogen-bond acceptors (Lipinski definition) is 1. The molecular weight excluding hydrogens is 206 g/mol. The lowest BCUT2D eigenvalue weighted by Crippen LogP contribution is -2.27. The molecule has 0 aromatic heterocycles. The van der Waals surface area contributed by atoms with Gasteiger partial charge in [-0.25, -0.2) is 0 Å². The zero-order valence-corrected chi connectivity index (χ0v) is 12.7. The second kappa shape index (κ2) is 4.36. The summed E-state index contributed by atoms with van der Waals surface area (Å²) in [7, 11) is 0. The van der Waals surface area contributed by atoms with Gasteiger partial charge in [0.2, 0.25) is 0 Å². The molecule has 0 spiro atoms. The number of rotatable bonds is 1. The van der Waals surface area contributed by atoms with E-state index in [1.54, 1.807) is 0 Å². The Hall–Kier alpha value is -0.980. The van der Waals surface area contributed by atoms with Crippen LogP contribution in [0, 0.1) is 13.8 Å². The minimum absolute atomic E-state index is 0.112. The predicted molar refractivity (Wildman–Crippen MR) is 78.0 cm³/mol. The van der Waals surface area contributed by atoms with E-state index in [1.807, 2.05) is 0 Å². The lowest BCUT2D eigenvalue weighted by molar-refractivity contribution is 0.585. The van der Waals surface area contributed by atoms with Crippen molar-refractivity contribution in [2.75, 3.05) is 5.32 Å². The van der Waals surface area contributed by atoms with Crippen LogP contribution in [0.1, 0.15) is 58.2 Å². The second-order valence-corrected chi connectivity index (χ2v) is 7.11. The van der Waals surface area contributed by atoms with Crippen molar-refractivity contribution in [2.24, 2.45) is 0 Å². The summed E-state index contributed by atoms with van der Waals surface area (Å²) in [5.41, 5.74) is 5.72. The average molecular weight is 233 g/mol. The number of hydrogen-bond donors (Lipinski definition) is 1. The molecule has 0 heterocycles. The van der Waals surface area contributed by atoms with Crippen LogP contribution in [0.5, 0.6) is 0 Å². The largest absolute Gasteiger partial charge is 0.380 e. The highest BCUT2D eigenvalue weighted by Crippen LogP contribution is 2.31. The highest BCUT2D eigenvalue weighted by atomic mass is 15.0. The number of benzene rings is 1. The molecule has 0 atom stereocenters. The van der Waals surface area contributed by atoms with Gasteiger partial charge in [0.15, 0.2) is 0 Å². The third-order valence-electron chi connectivity index (χ3n) is 2.89. The number of aryl methyl sites for hydroxylation is 2. The Balaban J connectivity index is 3.19.